The molecule has 19 heavy (non-hydrogen) atoms. The quantitative estimate of drug-likeness (QED) is 0.882. The van der Waals surface area contributed by atoms with Crippen LogP contribution in [0.15, 0.2) is 30.5 Å². The van der Waals surface area contributed by atoms with E-state index in [9.17, 15) is 4.79 Å². The molecule has 4 nitrogen and oxygen atoms in total. The number of aromatic nitrogens is 2. The third-order valence-electron chi connectivity index (χ3n) is 2.68. The molecule has 1 heterocycles. The molecule has 0 unspecified atom stereocenters. The number of thioether (sulfide) groups is 1. The fourth-order valence-corrected chi connectivity index (χ4v) is 2.49. The van der Waals surface area contributed by atoms with Gasteiger partial charge in [-0.25, -0.2) is 0 Å². The van der Waals surface area contributed by atoms with E-state index >= 15 is 0 Å². The van der Waals surface area contributed by atoms with Gasteiger partial charge in [0.05, 0.1) is 11.9 Å². The number of rotatable bonds is 5. The number of nitrogens with one attached hydrogen (secondary N) is 2. The Balaban J connectivity index is 1.77. The van der Waals surface area contributed by atoms with Gasteiger partial charge in [-0.2, -0.15) is 5.10 Å². The van der Waals surface area contributed by atoms with Crippen LogP contribution in [0.25, 0.3) is 0 Å². The van der Waals surface area contributed by atoms with Crippen LogP contribution >= 0.6 is 11.8 Å². The first-order valence-electron chi connectivity index (χ1n) is 6.08. The fraction of sp³-hybridized carbons (Fsp3) is 0.286. The normalized spacial score (nSPS) is 10.4. The first-order chi connectivity index (χ1) is 9.15. The summed E-state index contributed by atoms with van der Waals surface area (Å²) >= 11 is 1.60. The average molecular weight is 275 g/mol. The van der Waals surface area contributed by atoms with Gasteiger partial charge in [0.1, 0.15) is 5.82 Å². The Morgan fingerprint density at radius 3 is 2.95 bits per heavy atom. The summed E-state index contributed by atoms with van der Waals surface area (Å²) in [7, 11) is 0. The zero-order valence-electron chi connectivity index (χ0n) is 11.1. The molecule has 1 aromatic carbocycles. The molecule has 0 aliphatic carbocycles. The molecule has 1 amide bonds. The number of aromatic amines is 1. The van der Waals surface area contributed by atoms with Crippen LogP contribution in [0, 0.1) is 13.8 Å². The maximum absolute atomic E-state index is 11.7. The summed E-state index contributed by atoms with van der Waals surface area (Å²) in [4.78, 5) is 11.7. The lowest BCUT2D eigenvalue weighted by atomic mass is 10.2. The van der Waals surface area contributed by atoms with Gasteiger partial charge in [-0.05, 0) is 19.4 Å². The minimum Gasteiger partial charge on any atom is -0.310 e. The Kier molecular flexibility index (Phi) is 4.63. The molecule has 0 aliphatic heterocycles. The first kappa shape index (κ1) is 13.7. The summed E-state index contributed by atoms with van der Waals surface area (Å²) in [5.41, 5.74) is 3.43. The number of nitrogens with zero attached hydrogens (tertiary/aromatic N) is 1. The van der Waals surface area contributed by atoms with Crippen molar-refractivity contribution in [2.24, 2.45) is 0 Å². The van der Waals surface area contributed by atoms with Gasteiger partial charge in [-0.15, -0.1) is 11.8 Å². The highest BCUT2D eigenvalue weighted by Crippen LogP contribution is 2.14. The number of amides is 1. The van der Waals surface area contributed by atoms with E-state index in [-0.39, 0.29) is 5.91 Å². The van der Waals surface area contributed by atoms with Crippen molar-refractivity contribution in [1.82, 2.24) is 10.2 Å². The van der Waals surface area contributed by atoms with Crippen molar-refractivity contribution in [3.05, 3.63) is 47.2 Å². The van der Waals surface area contributed by atoms with Crippen molar-refractivity contribution >= 4 is 23.5 Å². The first-order valence-corrected chi connectivity index (χ1v) is 7.24. The smallest absolute Gasteiger partial charge is 0.235 e. The van der Waals surface area contributed by atoms with Crippen molar-refractivity contribution < 1.29 is 4.79 Å². The molecule has 0 fully saturated rings. The molecule has 0 aliphatic rings. The van der Waals surface area contributed by atoms with Gasteiger partial charge in [0, 0.05) is 11.3 Å². The zero-order chi connectivity index (χ0) is 13.7. The van der Waals surface area contributed by atoms with Gasteiger partial charge in [0.2, 0.25) is 5.91 Å². The third-order valence-corrected chi connectivity index (χ3v) is 3.68. The van der Waals surface area contributed by atoms with Crippen LogP contribution in [0.5, 0.6) is 0 Å². The van der Waals surface area contributed by atoms with Crippen molar-refractivity contribution in [2.45, 2.75) is 19.6 Å². The predicted octanol–water partition coefficient (Wildman–Crippen LogP) is 2.90. The molecule has 1 aromatic heterocycles. The monoisotopic (exact) mass is 275 g/mol. The maximum atomic E-state index is 11.7. The highest BCUT2D eigenvalue weighted by molar-refractivity contribution is 7.99. The van der Waals surface area contributed by atoms with E-state index in [4.69, 9.17) is 0 Å². The summed E-state index contributed by atoms with van der Waals surface area (Å²) in [5, 5.41) is 9.44. The SMILES string of the molecule is Cc1cccc(CSCC(=O)Nc2[nH]ncc2C)c1. The van der Waals surface area contributed by atoms with Gasteiger partial charge in [0.15, 0.2) is 0 Å². The van der Waals surface area contributed by atoms with Crippen LogP contribution < -0.4 is 5.32 Å². The lowest BCUT2D eigenvalue weighted by molar-refractivity contribution is -0.113. The number of carbonyl (C=O) groups excluding carboxylic acids is 1. The van der Waals surface area contributed by atoms with Gasteiger partial charge < -0.3 is 5.32 Å². The average Bonchev–Trinajstić information content (AvgIpc) is 2.75. The highest BCUT2D eigenvalue weighted by Gasteiger charge is 2.06. The standard InChI is InChI=1S/C14H17N3OS/c1-10-4-3-5-12(6-10)8-19-9-13(18)16-14-11(2)7-15-17-14/h3-7H,8-9H2,1-2H3,(H2,15,16,17,18). The summed E-state index contributed by atoms with van der Waals surface area (Å²) < 4.78 is 0. The molecular weight excluding hydrogens is 258 g/mol. The predicted molar refractivity (Wildman–Crippen MR) is 79.3 cm³/mol. The van der Waals surface area contributed by atoms with Gasteiger partial charge in [0.25, 0.3) is 0 Å². The largest absolute Gasteiger partial charge is 0.310 e. The van der Waals surface area contributed by atoms with E-state index in [2.05, 4.69) is 40.6 Å². The number of H-pyrrole nitrogens is 1. The lowest BCUT2D eigenvalue weighted by Crippen LogP contribution is -2.15. The van der Waals surface area contributed by atoms with Crippen LogP contribution in [0.3, 0.4) is 0 Å². The minimum atomic E-state index is -0.00926. The van der Waals surface area contributed by atoms with Crippen LogP contribution in [0.1, 0.15) is 16.7 Å². The summed E-state index contributed by atoms with van der Waals surface area (Å²) in [6.45, 7) is 3.97. The molecule has 0 bridgehead atoms. The topological polar surface area (TPSA) is 57.8 Å². The number of benzene rings is 1. The molecule has 2 aromatic rings. The molecule has 2 rings (SSSR count). The Labute approximate surface area is 117 Å². The fourth-order valence-electron chi connectivity index (χ4n) is 1.71. The molecule has 5 heteroatoms. The van der Waals surface area contributed by atoms with Crippen molar-refractivity contribution in [2.75, 3.05) is 11.1 Å². The van der Waals surface area contributed by atoms with E-state index < -0.39 is 0 Å². The van der Waals surface area contributed by atoms with Crippen molar-refractivity contribution in [1.29, 1.82) is 0 Å². The van der Waals surface area contributed by atoms with Crippen molar-refractivity contribution in [3.63, 3.8) is 0 Å². The minimum absolute atomic E-state index is 0.00926. The molecule has 0 spiro atoms. The van der Waals surface area contributed by atoms with Crippen LogP contribution in [0.4, 0.5) is 5.82 Å². The second-order valence-corrected chi connectivity index (χ2v) is 5.44. The Morgan fingerprint density at radius 1 is 1.42 bits per heavy atom. The Bertz CT molecular complexity index is 565. The lowest BCUT2D eigenvalue weighted by Gasteiger charge is -2.04. The third kappa shape index (κ3) is 4.13. The van der Waals surface area contributed by atoms with Crippen LogP contribution in [-0.4, -0.2) is 21.9 Å². The number of hydrogen-bond acceptors (Lipinski definition) is 3. The summed E-state index contributed by atoms with van der Waals surface area (Å²) in [5.74, 6) is 1.95. The molecular formula is C14H17N3OS. The Morgan fingerprint density at radius 2 is 2.26 bits per heavy atom. The van der Waals surface area contributed by atoms with Crippen LogP contribution in [0.2, 0.25) is 0 Å². The number of carbonyl (C=O) groups is 1. The van der Waals surface area contributed by atoms with E-state index in [1.807, 2.05) is 13.0 Å². The van der Waals surface area contributed by atoms with E-state index in [0.29, 0.717) is 11.6 Å². The van der Waals surface area contributed by atoms with E-state index in [1.165, 1.54) is 11.1 Å². The van der Waals surface area contributed by atoms with E-state index in [0.717, 1.165) is 11.3 Å². The number of aryl methyl sites for hydroxylation is 2. The molecule has 0 radical (unpaired) electrons. The molecule has 2 N–H and O–H groups in total. The van der Waals surface area contributed by atoms with Crippen LogP contribution in [-0.2, 0) is 10.5 Å². The number of anilines is 1. The molecule has 0 saturated carbocycles. The summed E-state index contributed by atoms with van der Waals surface area (Å²) in [6, 6.07) is 8.34. The molecule has 0 atom stereocenters. The molecule has 100 valence electrons. The van der Waals surface area contributed by atoms with E-state index in [1.54, 1.807) is 18.0 Å². The van der Waals surface area contributed by atoms with Gasteiger partial charge in [-0.3, -0.25) is 9.89 Å². The second kappa shape index (κ2) is 6.43. The second-order valence-electron chi connectivity index (χ2n) is 4.46. The highest BCUT2D eigenvalue weighted by atomic mass is 32.2. The van der Waals surface area contributed by atoms with Gasteiger partial charge >= 0.3 is 0 Å². The Hall–Kier alpha value is -1.75. The number of hydrogen-bond donors (Lipinski definition) is 2. The van der Waals surface area contributed by atoms with Crippen molar-refractivity contribution in [3.8, 4) is 0 Å². The zero-order valence-corrected chi connectivity index (χ0v) is 11.9. The maximum Gasteiger partial charge on any atom is 0.235 e. The molecule has 0 saturated heterocycles. The van der Waals surface area contributed by atoms with Gasteiger partial charge in [-0.1, -0.05) is 29.8 Å². The summed E-state index contributed by atoms with van der Waals surface area (Å²) in [6.07, 6.45) is 1.69.